The first kappa shape index (κ1) is 19.3. The summed E-state index contributed by atoms with van der Waals surface area (Å²) >= 11 is 0. The second kappa shape index (κ2) is 8.98. The summed E-state index contributed by atoms with van der Waals surface area (Å²) < 4.78 is 0. The predicted octanol–water partition coefficient (Wildman–Crippen LogP) is 2.38. The van der Waals surface area contributed by atoms with E-state index in [4.69, 9.17) is 0 Å². The molecule has 3 rings (SSSR count). The van der Waals surface area contributed by atoms with Gasteiger partial charge in [-0.25, -0.2) is 0 Å². The number of para-hydroxylation sites is 2. The first-order chi connectivity index (χ1) is 13.6. The van der Waals surface area contributed by atoms with Gasteiger partial charge < -0.3 is 15.1 Å². The van der Waals surface area contributed by atoms with Crippen LogP contribution in [0.4, 0.5) is 11.4 Å². The van der Waals surface area contributed by atoms with Crippen molar-refractivity contribution < 1.29 is 14.5 Å². The lowest BCUT2D eigenvalue weighted by atomic mass is 10.2. The third-order valence-corrected chi connectivity index (χ3v) is 4.70. The Balaban J connectivity index is 1.46. The van der Waals surface area contributed by atoms with Crippen molar-refractivity contribution >= 4 is 23.2 Å². The van der Waals surface area contributed by atoms with E-state index in [1.54, 1.807) is 40.1 Å². The zero-order valence-corrected chi connectivity index (χ0v) is 15.4. The number of nitro benzene ring substituents is 1. The van der Waals surface area contributed by atoms with Gasteiger partial charge in [0, 0.05) is 50.8 Å². The molecule has 0 unspecified atom stereocenters. The Morgan fingerprint density at radius 1 is 0.929 bits per heavy atom. The summed E-state index contributed by atoms with van der Waals surface area (Å²) in [6, 6.07) is 15.5. The largest absolute Gasteiger partial charge is 0.379 e. The molecule has 0 saturated carbocycles. The minimum Gasteiger partial charge on any atom is -0.379 e. The summed E-state index contributed by atoms with van der Waals surface area (Å²) in [5.74, 6) is -0.0522. The van der Waals surface area contributed by atoms with E-state index in [2.05, 4.69) is 5.32 Å². The average molecular weight is 382 g/mol. The smallest absolute Gasteiger partial charge is 0.292 e. The summed E-state index contributed by atoms with van der Waals surface area (Å²) in [7, 11) is 0. The molecule has 0 aliphatic carbocycles. The van der Waals surface area contributed by atoms with Gasteiger partial charge in [-0.1, -0.05) is 30.3 Å². The predicted molar refractivity (Wildman–Crippen MR) is 105 cm³/mol. The van der Waals surface area contributed by atoms with Crippen LogP contribution in [0, 0.1) is 10.1 Å². The highest BCUT2D eigenvalue weighted by atomic mass is 16.6. The number of piperazine rings is 1. The number of hydrogen-bond acceptors (Lipinski definition) is 5. The maximum absolute atomic E-state index is 12.4. The minimum absolute atomic E-state index is 0.0111. The van der Waals surface area contributed by atoms with Crippen LogP contribution in [-0.4, -0.2) is 59.3 Å². The van der Waals surface area contributed by atoms with Crippen LogP contribution in [0.3, 0.4) is 0 Å². The fourth-order valence-electron chi connectivity index (χ4n) is 3.17. The summed E-state index contributed by atoms with van der Waals surface area (Å²) in [4.78, 5) is 38.9. The third-order valence-electron chi connectivity index (χ3n) is 4.70. The van der Waals surface area contributed by atoms with Gasteiger partial charge in [0.15, 0.2) is 0 Å². The van der Waals surface area contributed by atoms with Gasteiger partial charge in [-0.2, -0.15) is 0 Å². The lowest BCUT2D eigenvalue weighted by molar-refractivity contribution is -0.384. The number of amides is 2. The zero-order valence-electron chi connectivity index (χ0n) is 15.4. The SMILES string of the molecule is O=C(CCNc1ccccc1[N+](=O)[O-])N1CCN(C(=O)c2ccccc2)CC1. The van der Waals surface area contributed by atoms with Crippen LogP contribution in [0.1, 0.15) is 16.8 Å². The van der Waals surface area contributed by atoms with Crippen LogP contribution in [0.2, 0.25) is 0 Å². The Morgan fingerprint density at radius 3 is 2.21 bits per heavy atom. The number of nitrogens with one attached hydrogen (secondary N) is 1. The van der Waals surface area contributed by atoms with Gasteiger partial charge in [0.2, 0.25) is 5.91 Å². The van der Waals surface area contributed by atoms with Gasteiger partial charge in [0.1, 0.15) is 5.69 Å². The fraction of sp³-hybridized carbons (Fsp3) is 0.300. The number of carbonyl (C=O) groups excluding carboxylic acids is 2. The molecule has 1 aliphatic rings. The van der Waals surface area contributed by atoms with Crippen LogP contribution >= 0.6 is 0 Å². The van der Waals surface area contributed by atoms with Crippen LogP contribution < -0.4 is 5.32 Å². The Bertz CT molecular complexity index is 848. The lowest BCUT2D eigenvalue weighted by Crippen LogP contribution is -2.50. The second-order valence-corrected chi connectivity index (χ2v) is 6.49. The number of nitro groups is 1. The Labute approximate surface area is 162 Å². The quantitative estimate of drug-likeness (QED) is 0.611. The highest BCUT2D eigenvalue weighted by Gasteiger charge is 2.24. The molecular weight excluding hydrogens is 360 g/mol. The van der Waals surface area contributed by atoms with Gasteiger partial charge in [-0.05, 0) is 18.2 Å². The third kappa shape index (κ3) is 4.64. The van der Waals surface area contributed by atoms with E-state index in [1.807, 2.05) is 18.2 Å². The van der Waals surface area contributed by atoms with Gasteiger partial charge >= 0.3 is 0 Å². The first-order valence-corrected chi connectivity index (χ1v) is 9.15. The number of anilines is 1. The van der Waals surface area contributed by atoms with Gasteiger partial charge in [-0.3, -0.25) is 19.7 Å². The summed E-state index contributed by atoms with van der Waals surface area (Å²) in [5.41, 5.74) is 1.04. The van der Waals surface area contributed by atoms with Crippen LogP contribution in [0.5, 0.6) is 0 Å². The van der Waals surface area contributed by atoms with Crippen molar-refractivity contribution in [1.82, 2.24) is 9.80 Å². The van der Waals surface area contributed by atoms with Crippen molar-refractivity contribution in [3.8, 4) is 0 Å². The topological polar surface area (TPSA) is 95.8 Å². The van der Waals surface area contributed by atoms with Gasteiger partial charge in [-0.15, -0.1) is 0 Å². The lowest BCUT2D eigenvalue weighted by Gasteiger charge is -2.35. The molecule has 0 aromatic heterocycles. The van der Waals surface area contributed by atoms with Gasteiger partial charge in [0.25, 0.3) is 11.6 Å². The molecule has 146 valence electrons. The van der Waals surface area contributed by atoms with Crippen molar-refractivity contribution in [3.05, 3.63) is 70.3 Å². The van der Waals surface area contributed by atoms with E-state index in [0.717, 1.165) is 0 Å². The van der Waals surface area contributed by atoms with E-state index >= 15 is 0 Å². The summed E-state index contributed by atoms with van der Waals surface area (Å²) in [5, 5.41) is 14.0. The van der Waals surface area contributed by atoms with E-state index < -0.39 is 4.92 Å². The van der Waals surface area contributed by atoms with Crippen molar-refractivity contribution in [2.24, 2.45) is 0 Å². The van der Waals surface area contributed by atoms with Crippen molar-refractivity contribution in [2.45, 2.75) is 6.42 Å². The number of rotatable bonds is 6. The second-order valence-electron chi connectivity index (χ2n) is 6.49. The molecule has 8 heteroatoms. The molecule has 2 aromatic carbocycles. The van der Waals surface area contributed by atoms with Crippen molar-refractivity contribution in [2.75, 3.05) is 38.0 Å². The molecule has 1 fully saturated rings. The van der Waals surface area contributed by atoms with Crippen LogP contribution in [0.15, 0.2) is 54.6 Å². The fourth-order valence-corrected chi connectivity index (χ4v) is 3.17. The molecule has 28 heavy (non-hydrogen) atoms. The average Bonchev–Trinajstić information content (AvgIpc) is 2.74. The number of carbonyl (C=O) groups is 2. The molecule has 1 aliphatic heterocycles. The Morgan fingerprint density at radius 2 is 1.54 bits per heavy atom. The van der Waals surface area contributed by atoms with E-state index in [1.165, 1.54) is 6.07 Å². The maximum Gasteiger partial charge on any atom is 0.292 e. The number of hydrogen-bond donors (Lipinski definition) is 1. The molecule has 2 amide bonds. The normalized spacial score (nSPS) is 13.9. The molecule has 1 saturated heterocycles. The molecule has 0 bridgehead atoms. The highest BCUT2D eigenvalue weighted by Crippen LogP contribution is 2.23. The van der Waals surface area contributed by atoms with Crippen molar-refractivity contribution in [3.63, 3.8) is 0 Å². The maximum atomic E-state index is 12.4. The first-order valence-electron chi connectivity index (χ1n) is 9.15. The van der Waals surface area contributed by atoms with Crippen LogP contribution in [0.25, 0.3) is 0 Å². The molecule has 8 nitrogen and oxygen atoms in total. The molecule has 1 N–H and O–H groups in total. The Kier molecular flexibility index (Phi) is 6.21. The molecular formula is C20H22N4O4. The molecule has 0 radical (unpaired) electrons. The number of benzene rings is 2. The molecule has 0 spiro atoms. The monoisotopic (exact) mass is 382 g/mol. The molecule has 0 atom stereocenters. The zero-order chi connectivity index (χ0) is 19.9. The van der Waals surface area contributed by atoms with E-state index in [0.29, 0.717) is 44.0 Å². The van der Waals surface area contributed by atoms with E-state index in [-0.39, 0.29) is 23.9 Å². The van der Waals surface area contributed by atoms with E-state index in [9.17, 15) is 19.7 Å². The number of nitrogens with zero attached hydrogens (tertiary/aromatic N) is 3. The summed E-state index contributed by atoms with van der Waals surface area (Å²) in [6.45, 7) is 2.28. The minimum atomic E-state index is -0.451. The van der Waals surface area contributed by atoms with Gasteiger partial charge in [0.05, 0.1) is 4.92 Å². The molecule has 2 aromatic rings. The molecule has 1 heterocycles. The standard InChI is InChI=1S/C20H22N4O4/c25-19(10-11-21-17-8-4-5-9-18(17)24(27)28)22-12-14-23(15-13-22)20(26)16-6-2-1-3-7-16/h1-9,21H,10-15H2. The Hall–Kier alpha value is -3.42. The summed E-state index contributed by atoms with van der Waals surface area (Å²) in [6.07, 6.45) is 0.235. The highest BCUT2D eigenvalue weighted by molar-refractivity contribution is 5.94. The van der Waals surface area contributed by atoms with Crippen LogP contribution in [-0.2, 0) is 4.79 Å². The van der Waals surface area contributed by atoms with Crippen molar-refractivity contribution in [1.29, 1.82) is 0 Å².